The lowest BCUT2D eigenvalue weighted by Crippen LogP contribution is -2.44. The number of para-hydroxylation sites is 3. The second-order valence-electron chi connectivity index (χ2n) is 14.1. The zero-order valence-corrected chi connectivity index (χ0v) is 38.3. The fourth-order valence-electron chi connectivity index (χ4n) is 6.17. The predicted molar refractivity (Wildman–Crippen MR) is 250 cm³/mol. The maximum Gasteiger partial charge on any atom is 0.398 e. The third-order valence-electron chi connectivity index (χ3n) is 9.52. The Kier molecular flexibility index (Phi) is 16.8. The van der Waals surface area contributed by atoms with Gasteiger partial charge in [0.25, 0.3) is 0 Å². The Labute approximate surface area is 374 Å². The number of rotatable bonds is 23. The van der Waals surface area contributed by atoms with E-state index in [9.17, 15) is 0 Å². The Balaban J connectivity index is 1.06. The van der Waals surface area contributed by atoms with Gasteiger partial charge < -0.3 is 39.8 Å². The molecule has 0 spiro atoms. The summed E-state index contributed by atoms with van der Waals surface area (Å²) in [6.45, 7) is 7.68. The molecule has 0 bridgehead atoms. The van der Waals surface area contributed by atoms with Crippen LogP contribution in [0.3, 0.4) is 0 Å². The Hall–Kier alpha value is -5.68. The molecule has 6 rings (SSSR count). The lowest BCUT2D eigenvalue weighted by Gasteiger charge is -2.21. The molecule has 320 valence electrons. The van der Waals surface area contributed by atoms with Crippen molar-refractivity contribution in [2.75, 3.05) is 89.0 Å². The lowest BCUT2D eigenvalue weighted by atomic mass is 10.2. The summed E-state index contributed by atoms with van der Waals surface area (Å²) in [7, 11) is 7.38. The van der Waals surface area contributed by atoms with Gasteiger partial charge in [0.1, 0.15) is 52.2 Å². The maximum absolute atomic E-state index is 6.19. The van der Waals surface area contributed by atoms with E-state index >= 15 is 0 Å². The summed E-state index contributed by atoms with van der Waals surface area (Å²) in [6, 6.07) is 31.4. The first-order valence-corrected chi connectivity index (χ1v) is 21.5. The van der Waals surface area contributed by atoms with Crippen molar-refractivity contribution in [3.05, 3.63) is 124 Å². The van der Waals surface area contributed by atoms with Gasteiger partial charge in [-0.2, -0.15) is 4.98 Å². The highest BCUT2D eigenvalue weighted by Crippen LogP contribution is 2.31. The summed E-state index contributed by atoms with van der Waals surface area (Å²) in [4.78, 5) is 18.6. The van der Waals surface area contributed by atoms with Gasteiger partial charge in [-0.05, 0) is 107 Å². The summed E-state index contributed by atoms with van der Waals surface area (Å²) in [5.41, 5.74) is 3.54. The Bertz CT molecular complexity index is 2320. The van der Waals surface area contributed by atoms with E-state index in [0.29, 0.717) is 49.8 Å². The van der Waals surface area contributed by atoms with Crippen molar-refractivity contribution in [2.45, 2.75) is 20.0 Å². The van der Waals surface area contributed by atoms with Crippen LogP contribution in [0.5, 0.6) is 23.0 Å². The van der Waals surface area contributed by atoms with E-state index < -0.39 is 0 Å². The monoisotopic (exact) mass is 955 g/mol. The van der Waals surface area contributed by atoms with Crippen molar-refractivity contribution < 1.29 is 23.5 Å². The topological polar surface area (TPSA) is 134 Å². The number of methoxy groups -OCH3 is 2. The molecular weight excluding hydrogens is 904 g/mol. The molecule has 0 radical (unpaired) electrons. The fraction of sp³-hybridized carbons (Fsp3) is 0.289. The van der Waals surface area contributed by atoms with Gasteiger partial charge in [-0.25, -0.2) is 14.9 Å². The first-order chi connectivity index (χ1) is 29.7. The average Bonchev–Trinajstić information content (AvgIpc) is 3.27. The van der Waals surface area contributed by atoms with Crippen LogP contribution in [0.25, 0.3) is 0 Å². The molecule has 14 nitrogen and oxygen atoms in total. The van der Waals surface area contributed by atoms with Crippen LogP contribution in [-0.4, -0.2) is 92.5 Å². The van der Waals surface area contributed by atoms with E-state index in [0.717, 1.165) is 80.7 Å². The Morgan fingerprint density at radius 2 is 1.43 bits per heavy atom. The molecule has 0 atom stereocenters. The quantitative estimate of drug-likeness (QED) is 0.0456. The highest BCUT2D eigenvalue weighted by Gasteiger charge is 2.21. The van der Waals surface area contributed by atoms with E-state index in [2.05, 4.69) is 84.4 Å². The molecule has 0 aliphatic rings. The summed E-state index contributed by atoms with van der Waals surface area (Å²) in [5, 5.41) is 13.6. The zero-order valence-electron chi connectivity index (χ0n) is 35.1. The molecular formula is C45H53Br2N10O4+. The highest BCUT2D eigenvalue weighted by atomic mass is 79.9. The van der Waals surface area contributed by atoms with Crippen LogP contribution >= 0.6 is 31.9 Å². The molecule has 16 heteroatoms. The first-order valence-electron chi connectivity index (χ1n) is 20.0. The van der Waals surface area contributed by atoms with Crippen molar-refractivity contribution in [1.82, 2.24) is 24.8 Å². The van der Waals surface area contributed by atoms with Crippen molar-refractivity contribution in [1.29, 1.82) is 0 Å². The van der Waals surface area contributed by atoms with Gasteiger partial charge in [0.2, 0.25) is 11.8 Å². The molecule has 0 aliphatic heterocycles. The third kappa shape index (κ3) is 13.4. The smallest absolute Gasteiger partial charge is 0.398 e. The molecule has 0 aliphatic carbocycles. The summed E-state index contributed by atoms with van der Waals surface area (Å²) in [5.74, 6) is 5.55. The number of ether oxygens (including phenoxy) is 4. The minimum absolute atomic E-state index is 0.469. The second kappa shape index (κ2) is 22.8. The van der Waals surface area contributed by atoms with Gasteiger partial charge in [-0.3, -0.25) is 4.90 Å². The molecule has 4 aromatic carbocycles. The van der Waals surface area contributed by atoms with Gasteiger partial charge >= 0.3 is 5.95 Å². The predicted octanol–water partition coefficient (Wildman–Crippen LogP) is 8.89. The lowest BCUT2D eigenvalue weighted by molar-refractivity contribution is -0.685. The Morgan fingerprint density at radius 3 is 2.20 bits per heavy atom. The largest absolute Gasteiger partial charge is 0.496 e. The van der Waals surface area contributed by atoms with Crippen LogP contribution in [0, 0.1) is 0 Å². The van der Waals surface area contributed by atoms with Crippen LogP contribution in [0.1, 0.15) is 12.5 Å². The Morgan fingerprint density at radius 1 is 0.689 bits per heavy atom. The number of aromatic nitrogens is 4. The van der Waals surface area contributed by atoms with Crippen molar-refractivity contribution >= 4 is 72.5 Å². The first kappa shape index (κ1) is 44.9. The standard InChI is InChI=1S/C45H52Br2N10O4/c1-6-56(25-27-60-35-20-18-33(19-21-35)50-44-49-30-37(46)42(53-44)48-29-32-12-7-9-16-40(32)58-4)22-23-57-31-38(47)43(52-39-15-8-10-17-41(39)59-5)54-45(57)51-34-13-11-14-36(28-34)61-26-24-55(2)3/h7-21,28,30-31H,6,22-27,29H2,1-5H3,(H3,48,49,50,51,52,53,54)/p+1. The molecule has 2 aromatic heterocycles. The van der Waals surface area contributed by atoms with Crippen LogP contribution in [-0.2, 0) is 13.1 Å². The number of anilines is 7. The highest BCUT2D eigenvalue weighted by molar-refractivity contribution is 9.11. The molecule has 0 unspecified atom stereocenters. The van der Waals surface area contributed by atoms with Crippen molar-refractivity contribution in [2.24, 2.45) is 0 Å². The number of hydrogen-bond donors (Lipinski definition) is 4. The normalized spacial score (nSPS) is 11.0. The number of likely N-dealkylation sites (N-methyl/N-ethyl adjacent to an activating group) is 2. The molecule has 6 aromatic rings. The zero-order chi connectivity index (χ0) is 43.0. The van der Waals surface area contributed by atoms with Gasteiger partial charge in [0.15, 0.2) is 0 Å². The van der Waals surface area contributed by atoms with Crippen LogP contribution < -0.4 is 44.8 Å². The number of nitrogens with zero attached hydrogens (tertiary/aromatic N) is 6. The maximum atomic E-state index is 6.19. The third-order valence-corrected chi connectivity index (χ3v) is 10.7. The number of nitrogens with one attached hydrogen (secondary N) is 4. The minimum atomic E-state index is 0.469. The molecule has 0 saturated carbocycles. The van der Waals surface area contributed by atoms with E-state index in [1.165, 1.54) is 0 Å². The average molecular weight is 958 g/mol. The molecule has 0 saturated heterocycles. The van der Waals surface area contributed by atoms with Gasteiger partial charge in [0, 0.05) is 49.7 Å². The molecule has 0 fully saturated rings. The summed E-state index contributed by atoms with van der Waals surface area (Å²) in [6.07, 6.45) is 3.77. The van der Waals surface area contributed by atoms with Crippen molar-refractivity contribution in [3.8, 4) is 23.0 Å². The van der Waals surface area contributed by atoms with E-state index in [4.69, 9.17) is 23.9 Å². The molecule has 4 N–H and O–H groups in total. The van der Waals surface area contributed by atoms with E-state index in [-0.39, 0.29) is 0 Å². The molecule has 0 amide bonds. The number of hydrogen-bond acceptors (Lipinski definition) is 13. The number of benzene rings is 4. The SMILES string of the molecule is CCN(CCOc1ccc(Nc2ncc(Br)c(NCc3ccccc3OC)n2)cc1)CC[n+]1cc(Br)c(Nc2ccccc2OC)nc1Nc1cccc(OCCN(C)C)c1. The van der Waals surface area contributed by atoms with Crippen LogP contribution in [0.2, 0.25) is 0 Å². The van der Waals surface area contributed by atoms with Gasteiger partial charge in [-0.1, -0.05) is 48.3 Å². The fourth-order valence-corrected chi connectivity index (χ4v) is 6.93. The summed E-state index contributed by atoms with van der Waals surface area (Å²) < 4.78 is 27.0. The van der Waals surface area contributed by atoms with E-state index in [1.54, 1.807) is 20.4 Å². The van der Waals surface area contributed by atoms with Crippen LogP contribution in [0.15, 0.2) is 118 Å². The van der Waals surface area contributed by atoms with E-state index in [1.807, 2.05) is 117 Å². The minimum Gasteiger partial charge on any atom is -0.496 e. The van der Waals surface area contributed by atoms with Crippen LogP contribution in [0.4, 0.5) is 40.6 Å². The molecule has 61 heavy (non-hydrogen) atoms. The second-order valence-corrected chi connectivity index (χ2v) is 15.8. The number of halogens is 2. The van der Waals surface area contributed by atoms with Gasteiger partial charge in [-0.15, -0.1) is 0 Å². The van der Waals surface area contributed by atoms with Crippen molar-refractivity contribution in [3.63, 3.8) is 0 Å². The molecule has 2 heterocycles. The van der Waals surface area contributed by atoms with Gasteiger partial charge in [0.05, 0.1) is 37.1 Å². The summed E-state index contributed by atoms with van der Waals surface area (Å²) >= 11 is 7.33.